The molecule has 20 heavy (non-hydrogen) atoms. The van der Waals surface area contributed by atoms with Crippen molar-refractivity contribution in [3.63, 3.8) is 0 Å². The van der Waals surface area contributed by atoms with Crippen molar-refractivity contribution in [2.45, 2.75) is 26.3 Å². The molecule has 1 unspecified atom stereocenters. The zero-order chi connectivity index (χ0) is 14.5. The number of amides is 1. The summed E-state index contributed by atoms with van der Waals surface area (Å²) in [7, 11) is 0. The number of carbonyl (C=O) groups excluding carboxylic acids is 1. The lowest BCUT2D eigenvalue weighted by Crippen LogP contribution is -2.51. The Balaban J connectivity index is 1.95. The molecule has 1 aromatic carbocycles. The topological polar surface area (TPSA) is 47.3 Å². The molecule has 2 rings (SSSR count). The summed E-state index contributed by atoms with van der Waals surface area (Å²) in [4.78, 5) is 16.4. The van der Waals surface area contributed by atoms with E-state index in [1.807, 2.05) is 43.0 Å². The van der Waals surface area contributed by atoms with Crippen molar-refractivity contribution >= 4 is 5.91 Å². The maximum Gasteiger partial charge on any atom is 0.253 e. The Morgan fingerprint density at radius 1 is 1.25 bits per heavy atom. The molecule has 0 saturated carbocycles. The second-order valence-corrected chi connectivity index (χ2v) is 5.25. The van der Waals surface area contributed by atoms with Crippen molar-refractivity contribution in [1.82, 2.24) is 9.80 Å². The molecule has 1 aliphatic heterocycles. The minimum absolute atomic E-state index is 0.0216. The molecule has 106 valence electrons. The highest BCUT2D eigenvalue weighted by Gasteiger charge is 2.25. The van der Waals surface area contributed by atoms with E-state index in [9.17, 15) is 4.79 Å². The summed E-state index contributed by atoms with van der Waals surface area (Å²) in [5, 5.41) is 9.09. The number of carbonyl (C=O) groups is 1. The quantitative estimate of drug-likeness (QED) is 0.845. The molecule has 0 aliphatic carbocycles. The summed E-state index contributed by atoms with van der Waals surface area (Å²) in [6.45, 7) is 7.00. The van der Waals surface area contributed by atoms with Crippen LogP contribution in [0.5, 0.6) is 0 Å². The van der Waals surface area contributed by atoms with Crippen LogP contribution < -0.4 is 0 Å². The van der Waals surface area contributed by atoms with E-state index < -0.39 is 0 Å². The van der Waals surface area contributed by atoms with Crippen LogP contribution in [-0.4, -0.2) is 47.9 Å². The van der Waals surface area contributed by atoms with Gasteiger partial charge in [0, 0.05) is 31.7 Å². The van der Waals surface area contributed by atoms with Crippen LogP contribution in [0.3, 0.4) is 0 Å². The van der Waals surface area contributed by atoms with E-state index in [2.05, 4.69) is 11.0 Å². The molecule has 0 bridgehead atoms. The van der Waals surface area contributed by atoms with Gasteiger partial charge in [-0.2, -0.15) is 5.26 Å². The Kier molecular flexibility index (Phi) is 4.75. The Labute approximate surface area is 120 Å². The molecular weight excluding hydrogens is 250 g/mol. The average molecular weight is 271 g/mol. The van der Waals surface area contributed by atoms with Crippen LogP contribution >= 0.6 is 0 Å². The first-order valence-electron chi connectivity index (χ1n) is 7.15. The molecule has 1 amide bonds. The van der Waals surface area contributed by atoms with Gasteiger partial charge in [0.15, 0.2) is 0 Å². The number of piperazine rings is 1. The first-order valence-corrected chi connectivity index (χ1v) is 7.15. The molecule has 1 aliphatic rings. The third-order valence-corrected chi connectivity index (χ3v) is 3.88. The van der Waals surface area contributed by atoms with Crippen molar-refractivity contribution in [3.05, 3.63) is 35.4 Å². The molecule has 0 N–H and O–H groups in total. The highest BCUT2D eigenvalue weighted by Crippen LogP contribution is 2.12. The van der Waals surface area contributed by atoms with Crippen LogP contribution in [-0.2, 0) is 0 Å². The zero-order valence-corrected chi connectivity index (χ0v) is 12.2. The van der Waals surface area contributed by atoms with Gasteiger partial charge in [-0.1, -0.05) is 24.6 Å². The molecule has 1 fully saturated rings. The SMILES string of the molecule is CCC(C#N)N1CCN(C(=O)c2ccc(C)cc2)CC1. The fourth-order valence-corrected chi connectivity index (χ4v) is 2.55. The predicted molar refractivity (Wildman–Crippen MR) is 78.3 cm³/mol. The smallest absolute Gasteiger partial charge is 0.253 e. The Bertz CT molecular complexity index is 495. The molecule has 1 heterocycles. The van der Waals surface area contributed by atoms with E-state index in [1.54, 1.807) is 0 Å². The summed E-state index contributed by atoms with van der Waals surface area (Å²) in [5.74, 6) is 0.0923. The molecule has 1 atom stereocenters. The van der Waals surface area contributed by atoms with Gasteiger partial charge < -0.3 is 4.90 Å². The number of aryl methyl sites for hydroxylation is 1. The minimum Gasteiger partial charge on any atom is -0.336 e. The zero-order valence-electron chi connectivity index (χ0n) is 12.2. The molecular formula is C16H21N3O. The Hall–Kier alpha value is -1.86. The normalized spacial score (nSPS) is 17.6. The van der Waals surface area contributed by atoms with Crippen molar-refractivity contribution in [2.75, 3.05) is 26.2 Å². The third-order valence-electron chi connectivity index (χ3n) is 3.88. The number of nitriles is 1. The number of hydrogen-bond donors (Lipinski definition) is 0. The van der Waals surface area contributed by atoms with Gasteiger partial charge in [0.1, 0.15) is 0 Å². The van der Waals surface area contributed by atoms with Gasteiger partial charge in [0.2, 0.25) is 0 Å². The standard InChI is InChI=1S/C16H21N3O/c1-3-15(12-17)18-8-10-19(11-9-18)16(20)14-6-4-13(2)5-7-14/h4-7,15H,3,8-11H2,1-2H3. The predicted octanol–water partition coefficient (Wildman–Crippen LogP) is 2.05. The van der Waals surface area contributed by atoms with E-state index in [0.29, 0.717) is 13.1 Å². The van der Waals surface area contributed by atoms with Crippen LogP contribution in [0.4, 0.5) is 0 Å². The van der Waals surface area contributed by atoms with Crippen LogP contribution in [0.25, 0.3) is 0 Å². The monoisotopic (exact) mass is 271 g/mol. The van der Waals surface area contributed by atoms with Crippen LogP contribution in [0.1, 0.15) is 29.3 Å². The van der Waals surface area contributed by atoms with E-state index in [1.165, 1.54) is 0 Å². The maximum absolute atomic E-state index is 12.4. The van der Waals surface area contributed by atoms with Crippen molar-refractivity contribution < 1.29 is 4.79 Å². The number of hydrogen-bond acceptors (Lipinski definition) is 3. The summed E-state index contributed by atoms with van der Waals surface area (Å²) in [5.41, 5.74) is 1.91. The molecule has 0 spiro atoms. The summed E-state index contributed by atoms with van der Waals surface area (Å²) in [6.07, 6.45) is 0.836. The fourth-order valence-electron chi connectivity index (χ4n) is 2.55. The first kappa shape index (κ1) is 14.5. The Morgan fingerprint density at radius 3 is 2.35 bits per heavy atom. The van der Waals surface area contributed by atoms with E-state index in [4.69, 9.17) is 5.26 Å². The average Bonchev–Trinajstić information content (AvgIpc) is 2.49. The molecule has 1 saturated heterocycles. The Morgan fingerprint density at radius 2 is 1.85 bits per heavy atom. The van der Waals surface area contributed by atoms with E-state index >= 15 is 0 Å². The fraction of sp³-hybridized carbons (Fsp3) is 0.500. The van der Waals surface area contributed by atoms with Crippen molar-refractivity contribution in [1.29, 1.82) is 5.26 Å². The maximum atomic E-state index is 12.4. The first-order chi connectivity index (χ1) is 9.65. The van der Waals surface area contributed by atoms with Gasteiger partial charge >= 0.3 is 0 Å². The molecule has 0 radical (unpaired) electrons. The lowest BCUT2D eigenvalue weighted by molar-refractivity contribution is 0.0604. The van der Waals surface area contributed by atoms with Gasteiger partial charge in [-0.25, -0.2) is 0 Å². The third kappa shape index (κ3) is 3.17. The van der Waals surface area contributed by atoms with Crippen LogP contribution in [0.15, 0.2) is 24.3 Å². The number of nitrogens with zero attached hydrogens (tertiary/aromatic N) is 3. The second kappa shape index (κ2) is 6.53. The van der Waals surface area contributed by atoms with Gasteiger partial charge in [0.05, 0.1) is 12.1 Å². The summed E-state index contributed by atoms with van der Waals surface area (Å²) < 4.78 is 0. The van der Waals surface area contributed by atoms with Gasteiger partial charge in [-0.3, -0.25) is 9.69 Å². The lowest BCUT2D eigenvalue weighted by Gasteiger charge is -2.36. The number of benzene rings is 1. The van der Waals surface area contributed by atoms with Crippen molar-refractivity contribution in [3.8, 4) is 6.07 Å². The highest BCUT2D eigenvalue weighted by atomic mass is 16.2. The lowest BCUT2D eigenvalue weighted by atomic mass is 10.1. The largest absolute Gasteiger partial charge is 0.336 e. The molecule has 4 heteroatoms. The molecule has 0 aromatic heterocycles. The minimum atomic E-state index is -0.0216. The molecule has 1 aromatic rings. The highest BCUT2D eigenvalue weighted by molar-refractivity contribution is 5.94. The van der Waals surface area contributed by atoms with Gasteiger partial charge in [-0.05, 0) is 25.5 Å². The van der Waals surface area contributed by atoms with Crippen LogP contribution in [0, 0.1) is 18.3 Å². The number of rotatable bonds is 3. The van der Waals surface area contributed by atoms with E-state index in [-0.39, 0.29) is 11.9 Å². The second-order valence-electron chi connectivity index (χ2n) is 5.25. The van der Waals surface area contributed by atoms with E-state index in [0.717, 1.165) is 30.6 Å². The summed E-state index contributed by atoms with van der Waals surface area (Å²) >= 11 is 0. The van der Waals surface area contributed by atoms with Gasteiger partial charge in [-0.15, -0.1) is 0 Å². The van der Waals surface area contributed by atoms with Gasteiger partial charge in [0.25, 0.3) is 5.91 Å². The molecule has 4 nitrogen and oxygen atoms in total. The summed E-state index contributed by atoms with van der Waals surface area (Å²) in [6, 6.07) is 10.00. The van der Waals surface area contributed by atoms with Crippen molar-refractivity contribution in [2.24, 2.45) is 0 Å². The van der Waals surface area contributed by atoms with Crippen LogP contribution in [0.2, 0.25) is 0 Å².